The van der Waals surface area contributed by atoms with E-state index in [-0.39, 0.29) is 0 Å². The number of anilines is 2. The van der Waals surface area contributed by atoms with Crippen molar-refractivity contribution in [3.8, 4) is 0 Å². The van der Waals surface area contributed by atoms with E-state index < -0.39 is 14.2 Å². The van der Waals surface area contributed by atoms with Gasteiger partial charge < -0.3 is 10.5 Å². The summed E-state index contributed by atoms with van der Waals surface area (Å²) in [6.45, 7) is 9.11. The summed E-state index contributed by atoms with van der Waals surface area (Å²) in [5.74, 6) is 0. The number of halogens is 1. The molecule has 0 bridgehead atoms. The molecule has 19 heavy (non-hydrogen) atoms. The van der Waals surface area contributed by atoms with E-state index in [1.165, 1.54) is 0 Å². The lowest BCUT2D eigenvalue weighted by Gasteiger charge is -2.15. The third kappa shape index (κ3) is 5.65. The Kier molecular flexibility index (Phi) is 5.43. The third-order valence-corrected chi connectivity index (χ3v) is 5.40. The van der Waals surface area contributed by atoms with Crippen LogP contribution in [0.3, 0.4) is 0 Å². The molecule has 0 aliphatic carbocycles. The predicted octanol–water partition coefficient (Wildman–Crippen LogP) is 4.23. The summed E-state index contributed by atoms with van der Waals surface area (Å²) in [5, 5.41) is 2.69. The molecule has 0 aromatic heterocycles. The maximum absolute atomic E-state index is 11.6. The highest BCUT2D eigenvalue weighted by Crippen LogP contribution is 2.27. The lowest BCUT2D eigenvalue weighted by molar-refractivity contribution is 0.167. The molecule has 0 heterocycles. The van der Waals surface area contributed by atoms with Crippen LogP contribution < -0.4 is 11.1 Å². The highest BCUT2D eigenvalue weighted by molar-refractivity contribution is 9.10. The third-order valence-electron chi connectivity index (χ3n) is 2.61. The first-order valence-electron chi connectivity index (χ1n) is 6.18. The number of benzene rings is 1. The largest absolute Gasteiger partial charge is 0.450 e. The summed E-state index contributed by atoms with van der Waals surface area (Å²) in [6.07, 6.45) is -0.431. The Hall–Kier alpha value is -1.01. The predicted molar refractivity (Wildman–Crippen MR) is 86.4 cm³/mol. The number of rotatable bonds is 4. The maximum Gasteiger partial charge on any atom is 0.411 e. The molecular formula is C13H21BrN2O2Si. The lowest BCUT2D eigenvalue weighted by Crippen LogP contribution is -2.24. The van der Waals surface area contributed by atoms with Crippen molar-refractivity contribution in [2.24, 2.45) is 0 Å². The summed E-state index contributed by atoms with van der Waals surface area (Å²) < 4.78 is 6.02. The van der Waals surface area contributed by atoms with Crippen molar-refractivity contribution < 1.29 is 9.53 Å². The Balaban J connectivity index is 2.53. The number of nitrogens with one attached hydrogen (secondary N) is 1. The minimum absolute atomic E-state index is 0.431. The van der Waals surface area contributed by atoms with E-state index in [0.717, 1.165) is 16.1 Å². The number of nitrogen functional groups attached to an aromatic ring is 1. The van der Waals surface area contributed by atoms with Crippen molar-refractivity contribution in [2.45, 2.75) is 32.6 Å². The van der Waals surface area contributed by atoms with E-state index in [4.69, 9.17) is 10.5 Å². The monoisotopic (exact) mass is 344 g/mol. The normalized spacial score (nSPS) is 11.2. The van der Waals surface area contributed by atoms with Crippen LogP contribution in [-0.4, -0.2) is 20.8 Å². The first-order chi connectivity index (χ1) is 8.69. The molecule has 0 atom stereocenters. The van der Waals surface area contributed by atoms with E-state index in [1.54, 1.807) is 6.07 Å². The Morgan fingerprint density at radius 3 is 2.58 bits per heavy atom. The van der Waals surface area contributed by atoms with Gasteiger partial charge in [-0.3, -0.25) is 5.32 Å². The van der Waals surface area contributed by atoms with Crippen LogP contribution in [0.5, 0.6) is 0 Å². The first kappa shape index (κ1) is 16.0. The Morgan fingerprint density at radius 2 is 2.05 bits per heavy atom. The van der Waals surface area contributed by atoms with Gasteiger partial charge in [-0.05, 0) is 46.6 Å². The molecule has 3 N–H and O–H groups in total. The number of carbonyl (C=O) groups excluding carboxylic acids is 1. The minimum atomic E-state index is -1.17. The van der Waals surface area contributed by atoms with Crippen molar-refractivity contribution in [3.63, 3.8) is 0 Å². The molecule has 0 aliphatic heterocycles. The number of ether oxygens (including phenoxy) is 1. The Labute approximate surface area is 123 Å². The molecule has 0 saturated heterocycles. The van der Waals surface area contributed by atoms with Gasteiger partial charge in [0.15, 0.2) is 0 Å². The van der Waals surface area contributed by atoms with Gasteiger partial charge in [0.25, 0.3) is 0 Å². The fourth-order valence-corrected chi connectivity index (χ4v) is 2.42. The van der Waals surface area contributed by atoms with Crippen LogP contribution in [0.25, 0.3) is 0 Å². The van der Waals surface area contributed by atoms with E-state index >= 15 is 0 Å². The van der Waals surface area contributed by atoms with Crippen LogP contribution in [0.4, 0.5) is 16.2 Å². The van der Waals surface area contributed by atoms with Crippen LogP contribution in [0, 0.1) is 6.92 Å². The SMILES string of the molecule is Cc1cc(NC(=O)OCC[Si](C)(C)C)cc(N)c1Br. The molecule has 4 nitrogen and oxygen atoms in total. The topological polar surface area (TPSA) is 64.3 Å². The van der Waals surface area contributed by atoms with Gasteiger partial charge in [0.2, 0.25) is 0 Å². The zero-order valence-electron chi connectivity index (χ0n) is 11.8. The number of hydrogen-bond acceptors (Lipinski definition) is 3. The van der Waals surface area contributed by atoms with Crippen LogP contribution >= 0.6 is 15.9 Å². The molecule has 0 radical (unpaired) electrons. The van der Waals surface area contributed by atoms with E-state index in [0.29, 0.717) is 18.0 Å². The molecule has 106 valence electrons. The highest BCUT2D eigenvalue weighted by Gasteiger charge is 2.14. The summed E-state index contributed by atoms with van der Waals surface area (Å²) in [5.41, 5.74) is 8.03. The summed E-state index contributed by atoms with van der Waals surface area (Å²) in [6, 6.07) is 4.51. The zero-order chi connectivity index (χ0) is 14.6. The second-order valence-electron chi connectivity index (χ2n) is 5.77. The van der Waals surface area contributed by atoms with Crippen molar-refractivity contribution >= 4 is 41.5 Å². The van der Waals surface area contributed by atoms with Gasteiger partial charge in [0.1, 0.15) is 0 Å². The van der Waals surface area contributed by atoms with Crippen molar-refractivity contribution in [1.29, 1.82) is 0 Å². The van der Waals surface area contributed by atoms with Gasteiger partial charge in [-0.15, -0.1) is 0 Å². The molecule has 1 amide bonds. The summed E-state index contributed by atoms with van der Waals surface area (Å²) in [4.78, 5) is 11.6. The first-order valence-corrected chi connectivity index (χ1v) is 10.7. The van der Waals surface area contributed by atoms with Gasteiger partial charge in [-0.1, -0.05) is 19.6 Å². The van der Waals surface area contributed by atoms with Gasteiger partial charge in [0, 0.05) is 23.9 Å². The second-order valence-corrected chi connectivity index (χ2v) is 12.2. The fourth-order valence-electron chi connectivity index (χ4n) is 1.47. The second kappa shape index (κ2) is 6.43. The molecule has 6 heteroatoms. The molecule has 0 unspecified atom stereocenters. The standard InChI is InChI=1S/C13H21BrN2O2Si/c1-9-7-10(8-11(15)12(9)14)16-13(17)18-5-6-19(2,3)4/h7-8H,5-6,15H2,1-4H3,(H,16,17). The average Bonchev–Trinajstić information content (AvgIpc) is 2.23. The molecule has 1 aromatic carbocycles. The van der Waals surface area contributed by atoms with Crippen LogP contribution in [-0.2, 0) is 4.74 Å². The maximum atomic E-state index is 11.6. The van der Waals surface area contributed by atoms with E-state index in [9.17, 15) is 4.79 Å². The highest BCUT2D eigenvalue weighted by atomic mass is 79.9. The Bertz CT molecular complexity index is 449. The molecule has 1 aromatic rings. The Morgan fingerprint density at radius 1 is 1.42 bits per heavy atom. The molecule has 0 spiro atoms. The number of hydrogen-bond donors (Lipinski definition) is 2. The quantitative estimate of drug-likeness (QED) is 0.634. The van der Waals surface area contributed by atoms with E-state index in [2.05, 4.69) is 40.9 Å². The fraction of sp³-hybridized carbons (Fsp3) is 0.462. The van der Waals surface area contributed by atoms with Crippen molar-refractivity contribution in [2.75, 3.05) is 17.7 Å². The van der Waals surface area contributed by atoms with Gasteiger partial charge in [-0.2, -0.15) is 0 Å². The molecular weight excluding hydrogens is 324 g/mol. The smallest absolute Gasteiger partial charge is 0.411 e. The summed E-state index contributed by atoms with van der Waals surface area (Å²) in [7, 11) is -1.17. The number of aryl methyl sites for hydroxylation is 1. The molecule has 1 rings (SSSR count). The van der Waals surface area contributed by atoms with Gasteiger partial charge >= 0.3 is 6.09 Å². The van der Waals surface area contributed by atoms with Crippen LogP contribution in [0.1, 0.15) is 5.56 Å². The molecule has 0 aliphatic rings. The van der Waals surface area contributed by atoms with Crippen molar-refractivity contribution in [1.82, 2.24) is 0 Å². The summed E-state index contributed by atoms with van der Waals surface area (Å²) >= 11 is 3.38. The number of nitrogens with two attached hydrogens (primary N) is 1. The van der Waals surface area contributed by atoms with Crippen LogP contribution in [0.15, 0.2) is 16.6 Å². The minimum Gasteiger partial charge on any atom is -0.450 e. The zero-order valence-corrected chi connectivity index (χ0v) is 14.4. The van der Waals surface area contributed by atoms with Crippen molar-refractivity contribution in [3.05, 3.63) is 22.2 Å². The number of amides is 1. The lowest BCUT2D eigenvalue weighted by atomic mass is 10.2. The van der Waals surface area contributed by atoms with Gasteiger partial charge in [-0.25, -0.2) is 4.79 Å². The van der Waals surface area contributed by atoms with Gasteiger partial charge in [0.05, 0.1) is 6.61 Å². The average molecular weight is 345 g/mol. The molecule has 0 fully saturated rings. The molecule has 0 saturated carbocycles. The van der Waals surface area contributed by atoms with Crippen LogP contribution in [0.2, 0.25) is 25.7 Å². The number of carbonyl (C=O) groups is 1. The van der Waals surface area contributed by atoms with E-state index in [1.807, 2.05) is 13.0 Å².